The maximum Gasteiger partial charge on any atom is 0.326 e. The molecule has 0 radical (unpaired) electrons. The molecule has 0 aliphatic heterocycles. The number of nitrogens with one attached hydrogen (secondary N) is 3. The minimum Gasteiger partial charge on any atom is -0.481 e. The van der Waals surface area contributed by atoms with E-state index in [0.29, 0.717) is 6.42 Å². The number of hydrogen-bond acceptors (Lipinski definition) is 8. The normalized spacial score (nSPS) is 13.0. The molecule has 0 fully saturated rings. The number of guanidine groups is 1. The molecule has 0 aliphatic carbocycles. The van der Waals surface area contributed by atoms with Crippen LogP contribution < -0.4 is 38.9 Å². The standard InChI is InChI=1S/C17H30N8O8/c18-8(2-1-5-22-17(20)21)14(30)23-7-12(27)24-10(6-11(19)26)15(31)25-9(16(32)33)3-4-13(28)29/h8-10H,1-7,18H2,(H2,19,26)(H,23,30)(H,24,27)(H,25,31)(H,28,29)(H,32,33)(H4,20,21,22). The molecule has 0 heterocycles. The van der Waals surface area contributed by atoms with Crippen LogP contribution in [0, 0.1) is 0 Å². The minimum absolute atomic E-state index is 0.101. The first-order valence-corrected chi connectivity index (χ1v) is 9.74. The SMILES string of the molecule is NC(=O)CC(NC(=O)CNC(=O)C(N)CCCN=C(N)N)C(=O)NC(CCC(=O)O)C(=O)O. The first-order chi connectivity index (χ1) is 15.3. The van der Waals surface area contributed by atoms with Crippen LogP contribution in [0.1, 0.15) is 32.1 Å². The lowest BCUT2D eigenvalue weighted by molar-refractivity contribution is -0.143. The Balaban J connectivity index is 4.82. The fourth-order valence-electron chi connectivity index (χ4n) is 2.40. The van der Waals surface area contributed by atoms with Gasteiger partial charge in [0.2, 0.25) is 23.6 Å². The van der Waals surface area contributed by atoms with Gasteiger partial charge in [0.1, 0.15) is 12.1 Å². The Hall–Kier alpha value is -3.95. The summed E-state index contributed by atoms with van der Waals surface area (Å²) >= 11 is 0. The molecule has 3 unspecified atom stereocenters. The van der Waals surface area contributed by atoms with E-state index in [2.05, 4.69) is 15.6 Å². The molecule has 0 saturated carbocycles. The maximum absolute atomic E-state index is 12.3. The molecule has 0 bridgehead atoms. The van der Waals surface area contributed by atoms with Crippen molar-refractivity contribution in [2.45, 2.75) is 50.2 Å². The summed E-state index contributed by atoms with van der Waals surface area (Å²) in [4.78, 5) is 73.2. The molecule has 0 saturated heterocycles. The third-order valence-electron chi connectivity index (χ3n) is 4.05. The summed E-state index contributed by atoms with van der Waals surface area (Å²) in [5.74, 6) is -6.46. The summed E-state index contributed by atoms with van der Waals surface area (Å²) < 4.78 is 0. The number of carbonyl (C=O) groups is 6. The van der Waals surface area contributed by atoms with Crippen molar-refractivity contribution in [1.82, 2.24) is 16.0 Å². The number of carbonyl (C=O) groups excluding carboxylic acids is 4. The highest BCUT2D eigenvalue weighted by Gasteiger charge is 2.28. The average molecular weight is 474 g/mol. The predicted octanol–water partition coefficient (Wildman–Crippen LogP) is -4.72. The number of carboxylic acids is 2. The van der Waals surface area contributed by atoms with Gasteiger partial charge in [0.05, 0.1) is 19.0 Å². The van der Waals surface area contributed by atoms with Crippen LogP contribution in [0.5, 0.6) is 0 Å². The molecule has 0 aromatic carbocycles. The Morgan fingerprint density at radius 3 is 2.03 bits per heavy atom. The number of nitrogens with two attached hydrogens (primary N) is 4. The lowest BCUT2D eigenvalue weighted by Crippen LogP contribution is -2.54. The van der Waals surface area contributed by atoms with E-state index in [1.54, 1.807) is 0 Å². The highest BCUT2D eigenvalue weighted by atomic mass is 16.4. The van der Waals surface area contributed by atoms with Crippen LogP contribution in [0.15, 0.2) is 4.99 Å². The van der Waals surface area contributed by atoms with Crippen molar-refractivity contribution in [3.63, 3.8) is 0 Å². The summed E-state index contributed by atoms with van der Waals surface area (Å²) in [6, 6.07) is -4.08. The van der Waals surface area contributed by atoms with E-state index in [-0.39, 0.29) is 18.9 Å². The van der Waals surface area contributed by atoms with Crippen molar-refractivity contribution in [2.75, 3.05) is 13.1 Å². The van der Waals surface area contributed by atoms with Gasteiger partial charge in [-0.15, -0.1) is 0 Å². The fraction of sp³-hybridized carbons (Fsp3) is 0.588. The van der Waals surface area contributed by atoms with Crippen LogP contribution in [0.2, 0.25) is 0 Å². The van der Waals surface area contributed by atoms with E-state index in [1.165, 1.54) is 0 Å². The number of rotatable bonds is 16. The van der Waals surface area contributed by atoms with Crippen molar-refractivity contribution < 1.29 is 39.0 Å². The quantitative estimate of drug-likeness (QED) is 0.0581. The Kier molecular flexibility index (Phi) is 13.2. The van der Waals surface area contributed by atoms with Crippen molar-refractivity contribution in [2.24, 2.45) is 27.9 Å². The van der Waals surface area contributed by atoms with E-state index < -0.39 is 79.5 Å². The fourth-order valence-corrected chi connectivity index (χ4v) is 2.40. The topological polar surface area (TPSA) is 295 Å². The zero-order chi connectivity index (χ0) is 25.6. The van der Waals surface area contributed by atoms with Crippen LogP contribution in [-0.4, -0.2) is 83.0 Å². The molecule has 16 heteroatoms. The molecule has 16 nitrogen and oxygen atoms in total. The maximum atomic E-state index is 12.3. The molecule has 186 valence electrons. The van der Waals surface area contributed by atoms with Crippen LogP contribution in [0.25, 0.3) is 0 Å². The Bertz CT molecular complexity index is 768. The van der Waals surface area contributed by atoms with Gasteiger partial charge in [-0.2, -0.15) is 0 Å². The summed E-state index contributed by atoms with van der Waals surface area (Å²) in [5, 5.41) is 24.2. The molecular formula is C17H30N8O8. The van der Waals surface area contributed by atoms with Gasteiger partial charge < -0.3 is 49.1 Å². The molecule has 33 heavy (non-hydrogen) atoms. The third kappa shape index (κ3) is 13.9. The zero-order valence-electron chi connectivity index (χ0n) is 17.8. The number of hydrogen-bond donors (Lipinski definition) is 9. The lowest BCUT2D eigenvalue weighted by atomic mass is 10.1. The smallest absolute Gasteiger partial charge is 0.326 e. The summed E-state index contributed by atoms with van der Waals surface area (Å²) in [6.07, 6.45) is -0.996. The Morgan fingerprint density at radius 2 is 1.52 bits per heavy atom. The molecule has 3 atom stereocenters. The van der Waals surface area contributed by atoms with Gasteiger partial charge in [-0.25, -0.2) is 4.79 Å². The molecule has 0 rings (SSSR count). The van der Waals surface area contributed by atoms with Crippen molar-refractivity contribution >= 4 is 41.5 Å². The summed E-state index contributed by atoms with van der Waals surface area (Å²) in [6.45, 7) is -0.331. The molecule has 0 aromatic rings. The minimum atomic E-state index is -1.57. The molecular weight excluding hydrogens is 444 g/mol. The highest BCUT2D eigenvalue weighted by Crippen LogP contribution is 2.01. The van der Waals surface area contributed by atoms with Crippen LogP contribution >= 0.6 is 0 Å². The van der Waals surface area contributed by atoms with Crippen molar-refractivity contribution in [3.8, 4) is 0 Å². The molecule has 4 amide bonds. The predicted molar refractivity (Wildman–Crippen MR) is 113 cm³/mol. The first-order valence-electron chi connectivity index (χ1n) is 9.74. The largest absolute Gasteiger partial charge is 0.481 e. The number of aliphatic carboxylic acids is 2. The second kappa shape index (κ2) is 15.0. The molecule has 0 aromatic heterocycles. The van der Waals surface area contributed by atoms with E-state index in [9.17, 15) is 28.8 Å². The van der Waals surface area contributed by atoms with Crippen LogP contribution in [-0.2, 0) is 28.8 Å². The number of aliphatic imine (C=N–C) groups is 1. The van der Waals surface area contributed by atoms with E-state index in [0.717, 1.165) is 0 Å². The van der Waals surface area contributed by atoms with E-state index in [1.807, 2.05) is 5.32 Å². The van der Waals surface area contributed by atoms with Gasteiger partial charge in [0, 0.05) is 13.0 Å². The molecule has 13 N–H and O–H groups in total. The van der Waals surface area contributed by atoms with E-state index in [4.69, 9.17) is 33.1 Å². The number of primary amides is 1. The first kappa shape index (κ1) is 29.0. The lowest BCUT2D eigenvalue weighted by Gasteiger charge is -2.20. The molecule has 0 aliphatic rings. The van der Waals surface area contributed by atoms with Gasteiger partial charge in [-0.1, -0.05) is 0 Å². The number of amides is 4. The number of carboxylic acid groups (broad SMARTS) is 2. The number of nitrogens with zero attached hydrogens (tertiary/aromatic N) is 1. The van der Waals surface area contributed by atoms with Gasteiger partial charge in [-0.3, -0.25) is 29.0 Å². The summed E-state index contributed by atoms with van der Waals surface area (Å²) in [5.41, 5.74) is 21.1. The Labute approximate surface area is 188 Å². The van der Waals surface area contributed by atoms with Crippen molar-refractivity contribution in [1.29, 1.82) is 0 Å². The van der Waals surface area contributed by atoms with Gasteiger partial charge in [0.15, 0.2) is 5.96 Å². The molecule has 0 spiro atoms. The van der Waals surface area contributed by atoms with Gasteiger partial charge in [0.25, 0.3) is 0 Å². The zero-order valence-corrected chi connectivity index (χ0v) is 17.8. The monoisotopic (exact) mass is 474 g/mol. The third-order valence-corrected chi connectivity index (χ3v) is 4.05. The van der Waals surface area contributed by atoms with E-state index >= 15 is 0 Å². The Morgan fingerprint density at radius 1 is 0.879 bits per heavy atom. The van der Waals surface area contributed by atoms with Crippen LogP contribution in [0.4, 0.5) is 0 Å². The highest BCUT2D eigenvalue weighted by molar-refractivity contribution is 5.95. The second-order valence-corrected chi connectivity index (χ2v) is 6.90. The van der Waals surface area contributed by atoms with Crippen molar-refractivity contribution in [3.05, 3.63) is 0 Å². The van der Waals surface area contributed by atoms with Gasteiger partial charge in [-0.05, 0) is 19.3 Å². The van der Waals surface area contributed by atoms with Crippen LogP contribution in [0.3, 0.4) is 0 Å². The average Bonchev–Trinajstić information content (AvgIpc) is 2.70. The summed E-state index contributed by atoms with van der Waals surface area (Å²) in [7, 11) is 0. The second-order valence-electron chi connectivity index (χ2n) is 6.90. The van der Waals surface area contributed by atoms with Gasteiger partial charge >= 0.3 is 11.9 Å².